The number of aromatic nitrogens is 1. The molecule has 6 heteroatoms. The summed E-state index contributed by atoms with van der Waals surface area (Å²) < 4.78 is 0. The summed E-state index contributed by atoms with van der Waals surface area (Å²) in [7, 11) is 0. The summed E-state index contributed by atoms with van der Waals surface area (Å²) in [5.74, 6) is 1.12. The Bertz CT molecular complexity index is 690. The average Bonchev–Trinajstić information content (AvgIpc) is 3.24. The molecule has 134 valence electrons. The molecule has 0 radical (unpaired) electrons. The number of fused-ring (bicyclic) bond motifs is 1. The highest BCUT2D eigenvalue weighted by Gasteiger charge is 2.48. The number of aliphatic hydroxyl groups excluding tert-OH is 1. The Labute approximate surface area is 151 Å². The van der Waals surface area contributed by atoms with Crippen molar-refractivity contribution >= 4 is 11.3 Å². The van der Waals surface area contributed by atoms with Gasteiger partial charge in [-0.3, -0.25) is 9.88 Å². The van der Waals surface area contributed by atoms with Crippen molar-refractivity contribution in [1.82, 2.24) is 9.88 Å². The quantitative estimate of drug-likeness (QED) is 0.762. The molecule has 3 N–H and O–H groups in total. The minimum Gasteiger partial charge on any atom is -0.506 e. The van der Waals surface area contributed by atoms with Gasteiger partial charge in [0.15, 0.2) is 0 Å². The van der Waals surface area contributed by atoms with Crippen LogP contribution < -0.4 is 0 Å². The third kappa shape index (κ3) is 3.72. The molecule has 3 heterocycles. The number of thiophene rings is 1. The van der Waals surface area contributed by atoms with Gasteiger partial charge in [0.1, 0.15) is 11.9 Å². The Kier molecular flexibility index (Phi) is 4.54. The van der Waals surface area contributed by atoms with Crippen LogP contribution in [-0.4, -0.2) is 50.4 Å². The number of β-amino-alcohol motifs (C(OH)–C–C–N with tert-alkyl or cyclic N) is 1. The smallest absolute Gasteiger partial charge is 0.133 e. The van der Waals surface area contributed by atoms with E-state index in [4.69, 9.17) is 0 Å². The second kappa shape index (κ2) is 6.68. The summed E-state index contributed by atoms with van der Waals surface area (Å²) in [5.41, 5.74) is 0.0210. The van der Waals surface area contributed by atoms with Crippen LogP contribution in [0, 0.1) is 11.8 Å². The van der Waals surface area contributed by atoms with Gasteiger partial charge in [0.25, 0.3) is 0 Å². The number of hydrogen-bond acceptors (Lipinski definition) is 6. The van der Waals surface area contributed by atoms with E-state index in [1.54, 1.807) is 23.5 Å². The normalized spacial score (nSPS) is 30.5. The SMILES string of the molecule is Oc1ccc(C(O)CN2C[C@@H]3CC(O)(Cc4cccs4)C[C@@H]3C2)nc1. The number of hydrogen-bond donors (Lipinski definition) is 3. The largest absolute Gasteiger partial charge is 0.506 e. The van der Waals surface area contributed by atoms with E-state index >= 15 is 0 Å². The zero-order valence-electron chi connectivity index (χ0n) is 14.1. The van der Waals surface area contributed by atoms with Crippen molar-refractivity contribution in [1.29, 1.82) is 0 Å². The first-order chi connectivity index (χ1) is 12.0. The van der Waals surface area contributed by atoms with Crippen LogP contribution in [0.4, 0.5) is 0 Å². The molecule has 1 saturated heterocycles. The van der Waals surface area contributed by atoms with E-state index in [0.717, 1.165) is 32.4 Å². The van der Waals surface area contributed by atoms with Gasteiger partial charge in [0.05, 0.1) is 17.5 Å². The van der Waals surface area contributed by atoms with Crippen LogP contribution in [0.15, 0.2) is 35.8 Å². The lowest BCUT2D eigenvalue weighted by molar-refractivity contribution is 0.0334. The lowest BCUT2D eigenvalue weighted by Gasteiger charge is -2.26. The second-order valence-electron chi connectivity index (χ2n) is 7.58. The lowest BCUT2D eigenvalue weighted by atomic mass is 9.95. The first kappa shape index (κ1) is 17.0. The fourth-order valence-electron chi connectivity index (χ4n) is 4.52. The second-order valence-corrected chi connectivity index (χ2v) is 8.62. The molecule has 2 fully saturated rings. The highest BCUT2D eigenvalue weighted by molar-refractivity contribution is 7.09. The molecular formula is C19H24N2O3S. The Morgan fingerprint density at radius 1 is 1.24 bits per heavy atom. The zero-order valence-corrected chi connectivity index (χ0v) is 14.9. The average molecular weight is 360 g/mol. The van der Waals surface area contributed by atoms with Crippen molar-refractivity contribution in [2.24, 2.45) is 11.8 Å². The molecule has 1 saturated carbocycles. The van der Waals surface area contributed by atoms with E-state index in [0.29, 0.717) is 24.1 Å². The Balaban J connectivity index is 1.32. The highest BCUT2D eigenvalue weighted by Crippen LogP contribution is 2.45. The molecule has 4 rings (SSSR count). The topological polar surface area (TPSA) is 76.8 Å². The minimum atomic E-state index is -0.649. The Morgan fingerprint density at radius 2 is 2.00 bits per heavy atom. The summed E-state index contributed by atoms with van der Waals surface area (Å²) in [6, 6.07) is 7.36. The van der Waals surface area contributed by atoms with Gasteiger partial charge in [-0.05, 0) is 48.3 Å². The summed E-state index contributed by atoms with van der Waals surface area (Å²) in [5, 5.41) is 32.7. The van der Waals surface area contributed by atoms with Crippen molar-refractivity contribution in [2.75, 3.05) is 19.6 Å². The van der Waals surface area contributed by atoms with Gasteiger partial charge in [0, 0.05) is 30.9 Å². The van der Waals surface area contributed by atoms with Crippen molar-refractivity contribution in [3.63, 3.8) is 0 Å². The maximum Gasteiger partial charge on any atom is 0.133 e. The molecule has 0 spiro atoms. The summed E-state index contributed by atoms with van der Waals surface area (Å²) in [4.78, 5) is 7.63. The number of aliphatic hydroxyl groups is 2. The van der Waals surface area contributed by atoms with E-state index in [1.165, 1.54) is 11.1 Å². The van der Waals surface area contributed by atoms with Gasteiger partial charge in [0.2, 0.25) is 0 Å². The summed E-state index contributed by atoms with van der Waals surface area (Å²) >= 11 is 1.72. The van der Waals surface area contributed by atoms with Crippen LogP contribution in [0.3, 0.4) is 0 Å². The molecule has 25 heavy (non-hydrogen) atoms. The van der Waals surface area contributed by atoms with Gasteiger partial charge in [-0.15, -0.1) is 11.3 Å². The fourth-order valence-corrected chi connectivity index (χ4v) is 5.36. The van der Waals surface area contributed by atoms with Crippen molar-refractivity contribution in [3.8, 4) is 5.75 Å². The van der Waals surface area contributed by atoms with Crippen LogP contribution in [0.2, 0.25) is 0 Å². The fraction of sp³-hybridized carbons (Fsp3) is 0.526. The van der Waals surface area contributed by atoms with E-state index < -0.39 is 11.7 Å². The Morgan fingerprint density at radius 3 is 2.60 bits per heavy atom. The van der Waals surface area contributed by atoms with Crippen LogP contribution in [0.1, 0.15) is 29.5 Å². The molecule has 1 aliphatic heterocycles. The summed E-state index contributed by atoms with van der Waals surface area (Å²) in [6.07, 6.45) is 3.17. The van der Waals surface area contributed by atoms with Crippen molar-refractivity contribution in [2.45, 2.75) is 31.0 Å². The summed E-state index contributed by atoms with van der Waals surface area (Å²) in [6.45, 7) is 2.40. The van der Waals surface area contributed by atoms with Crippen LogP contribution in [-0.2, 0) is 6.42 Å². The van der Waals surface area contributed by atoms with Gasteiger partial charge < -0.3 is 15.3 Å². The monoisotopic (exact) mass is 360 g/mol. The van der Waals surface area contributed by atoms with Crippen molar-refractivity contribution < 1.29 is 15.3 Å². The number of aromatic hydroxyl groups is 1. The van der Waals surface area contributed by atoms with Crippen LogP contribution in [0.25, 0.3) is 0 Å². The maximum absolute atomic E-state index is 10.9. The number of nitrogens with zero attached hydrogens (tertiary/aromatic N) is 2. The van der Waals surface area contributed by atoms with Gasteiger partial charge in [-0.1, -0.05) is 6.07 Å². The third-order valence-electron chi connectivity index (χ3n) is 5.56. The van der Waals surface area contributed by atoms with Crippen LogP contribution >= 0.6 is 11.3 Å². The van der Waals surface area contributed by atoms with E-state index in [-0.39, 0.29) is 5.75 Å². The van der Waals surface area contributed by atoms with Crippen LogP contribution in [0.5, 0.6) is 5.75 Å². The third-order valence-corrected chi connectivity index (χ3v) is 6.44. The molecule has 2 aliphatic rings. The molecular weight excluding hydrogens is 336 g/mol. The van der Waals surface area contributed by atoms with Gasteiger partial charge in [-0.25, -0.2) is 0 Å². The van der Waals surface area contributed by atoms with E-state index in [2.05, 4.69) is 21.3 Å². The zero-order chi connectivity index (χ0) is 17.4. The predicted molar refractivity (Wildman–Crippen MR) is 96.5 cm³/mol. The lowest BCUT2D eigenvalue weighted by Crippen LogP contribution is -2.33. The molecule has 2 aromatic rings. The Hall–Kier alpha value is -1.47. The van der Waals surface area contributed by atoms with Gasteiger partial charge >= 0.3 is 0 Å². The number of likely N-dealkylation sites (tertiary alicyclic amines) is 1. The molecule has 2 aromatic heterocycles. The maximum atomic E-state index is 10.9. The minimum absolute atomic E-state index is 0.108. The molecule has 1 aliphatic carbocycles. The first-order valence-corrected chi connectivity index (χ1v) is 9.69. The number of rotatable bonds is 5. The first-order valence-electron chi connectivity index (χ1n) is 8.81. The van der Waals surface area contributed by atoms with Gasteiger partial charge in [-0.2, -0.15) is 0 Å². The molecule has 4 atom stereocenters. The predicted octanol–water partition coefficient (Wildman–Crippen LogP) is 2.20. The molecule has 0 aromatic carbocycles. The highest BCUT2D eigenvalue weighted by atomic mass is 32.1. The molecule has 2 unspecified atom stereocenters. The number of pyridine rings is 1. The molecule has 0 bridgehead atoms. The molecule has 0 amide bonds. The standard InChI is InChI=1S/C19H24N2O3S/c22-15-3-4-17(20-9-15)18(23)12-21-10-13-6-19(24,7-14(13)11-21)8-16-2-1-5-25-16/h1-5,9,13-14,18,22-24H,6-8,10-12H2/t13-,14+,18?,19?. The molecule has 5 nitrogen and oxygen atoms in total. The van der Waals surface area contributed by atoms with E-state index in [9.17, 15) is 15.3 Å². The van der Waals surface area contributed by atoms with E-state index in [1.807, 2.05) is 6.07 Å². The van der Waals surface area contributed by atoms with Crippen molar-refractivity contribution in [3.05, 3.63) is 46.4 Å².